The lowest BCUT2D eigenvalue weighted by Crippen LogP contribution is -2.31. The van der Waals surface area contributed by atoms with E-state index in [1.165, 1.54) is 11.3 Å². The van der Waals surface area contributed by atoms with Gasteiger partial charge in [0.25, 0.3) is 0 Å². The Hall–Kier alpha value is -1.14. The number of hydrogen-bond donors (Lipinski definition) is 0. The monoisotopic (exact) mass is 332 g/mol. The predicted molar refractivity (Wildman–Crippen MR) is 83.7 cm³/mol. The lowest BCUT2D eigenvalue weighted by atomic mass is 10.3. The van der Waals surface area contributed by atoms with Crippen LogP contribution in [0.15, 0.2) is 5.38 Å². The molecular weight excluding hydrogens is 312 g/mol. The van der Waals surface area contributed by atoms with Crippen molar-refractivity contribution in [1.29, 1.82) is 0 Å². The molecule has 0 aliphatic carbocycles. The Morgan fingerprint density at radius 3 is 2.81 bits per heavy atom. The summed E-state index contributed by atoms with van der Waals surface area (Å²) >= 11 is 6.99. The normalized spacial score (nSPS) is 10.4. The zero-order valence-electron chi connectivity index (χ0n) is 12.4. The fraction of sp³-hybridized carbons (Fsp3) is 0.643. The van der Waals surface area contributed by atoms with Crippen molar-refractivity contribution in [1.82, 2.24) is 9.88 Å². The molecule has 0 atom stereocenters. The van der Waals surface area contributed by atoms with Crippen molar-refractivity contribution < 1.29 is 14.3 Å². The van der Waals surface area contributed by atoms with Gasteiger partial charge in [0.15, 0.2) is 5.69 Å². The van der Waals surface area contributed by atoms with Gasteiger partial charge in [0.05, 0.1) is 13.2 Å². The van der Waals surface area contributed by atoms with Gasteiger partial charge in [-0.3, -0.25) is 4.79 Å². The number of carbonyl (C=O) groups is 2. The number of rotatable bonds is 9. The van der Waals surface area contributed by atoms with Crippen LogP contribution in [0.5, 0.6) is 0 Å². The minimum atomic E-state index is -0.421. The molecule has 0 aliphatic rings. The van der Waals surface area contributed by atoms with Crippen LogP contribution in [0.1, 0.15) is 48.6 Å². The van der Waals surface area contributed by atoms with Gasteiger partial charge < -0.3 is 9.64 Å². The molecule has 0 spiro atoms. The number of hydrogen-bond acceptors (Lipinski definition) is 5. The molecular formula is C14H21ClN2O3S. The van der Waals surface area contributed by atoms with E-state index in [9.17, 15) is 9.59 Å². The highest BCUT2D eigenvalue weighted by Gasteiger charge is 2.17. The average Bonchev–Trinajstić information content (AvgIpc) is 2.93. The highest BCUT2D eigenvalue weighted by Crippen LogP contribution is 2.15. The van der Waals surface area contributed by atoms with Gasteiger partial charge in [-0.2, -0.15) is 0 Å². The fourth-order valence-corrected chi connectivity index (χ4v) is 2.70. The van der Waals surface area contributed by atoms with E-state index in [1.54, 1.807) is 17.2 Å². The number of aromatic nitrogens is 1. The number of carbonyl (C=O) groups excluding carboxylic acids is 2. The van der Waals surface area contributed by atoms with Crippen LogP contribution in [-0.4, -0.2) is 40.8 Å². The molecule has 0 aliphatic heterocycles. The van der Waals surface area contributed by atoms with E-state index in [0.29, 0.717) is 44.1 Å². The van der Waals surface area contributed by atoms with Crippen LogP contribution in [0.25, 0.3) is 0 Å². The maximum absolute atomic E-state index is 12.1. The van der Waals surface area contributed by atoms with E-state index in [-0.39, 0.29) is 5.91 Å². The molecule has 0 fully saturated rings. The molecule has 1 rings (SSSR count). The van der Waals surface area contributed by atoms with Crippen molar-refractivity contribution in [2.75, 3.05) is 19.0 Å². The Balaban J connectivity index is 2.66. The second-order valence-corrected chi connectivity index (χ2v) is 5.78. The number of alkyl halides is 1. The molecule has 1 amide bonds. The number of thiazole rings is 1. The minimum absolute atomic E-state index is 0.0744. The maximum atomic E-state index is 12.1. The maximum Gasteiger partial charge on any atom is 0.357 e. The first-order chi connectivity index (χ1) is 10.1. The molecule has 1 heterocycles. The minimum Gasteiger partial charge on any atom is -0.461 e. The Kier molecular flexibility index (Phi) is 8.30. The third-order valence-electron chi connectivity index (χ3n) is 2.73. The Labute approximate surface area is 134 Å². The summed E-state index contributed by atoms with van der Waals surface area (Å²) in [5, 5.41) is 2.41. The molecule has 0 bridgehead atoms. The molecule has 7 heteroatoms. The van der Waals surface area contributed by atoms with Crippen molar-refractivity contribution in [2.45, 2.75) is 39.7 Å². The van der Waals surface area contributed by atoms with Crippen LogP contribution >= 0.6 is 22.9 Å². The summed E-state index contributed by atoms with van der Waals surface area (Å²) in [7, 11) is 0. The first-order valence-electron chi connectivity index (χ1n) is 7.07. The third kappa shape index (κ3) is 6.01. The summed E-state index contributed by atoms with van der Waals surface area (Å²) in [4.78, 5) is 29.7. The summed E-state index contributed by atoms with van der Waals surface area (Å²) in [6.07, 6.45) is 1.99. The van der Waals surface area contributed by atoms with E-state index in [2.05, 4.69) is 4.98 Å². The molecule has 0 unspecified atom stereocenters. The third-order valence-corrected chi connectivity index (χ3v) is 3.83. The topological polar surface area (TPSA) is 59.5 Å². The highest BCUT2D eigenvalue weighted by molar-refractivity contribution is 7.09. The van der Waals surface area contributed by atoms with Crippen molar-refractivity contribution in [3.8, 4) is 0 Å². The van der Waals surface area contributed by atoms with E-state index in [0.717, 1.165) is 11.4 Å². The summed E-state index contributed by atoms with van der Waals surface area (Å²) < 4.78 is 4.90. The standard InChI is InChI=1S/C14H21ClN2O3S/c1-3-8-17(13(18)6-5-7-15)9-12-16-11(10-21-12)14(19)20-4-2/h10H,3-9H2,1-2H3. The fourth-order valence-electron chi connectivity index (χ4n) is 1.78. The molecule has 0 saturated heterocycles. The van der Waals surface area contributed by atoms with Gasteiger partial charge in [-0.1, -0.05) is 6.92 Å². The molecule has 1 aromatic rings. The van der Waals surface area contributed by atoms with Crippen molar-refractivity contribution in [3.05, 3.63) is 16.1 Å². The van der Waals surface area contributed by atoms with Gasteiger partial charge in [-0.05, 0) is 19.8 Å². The van der Waals surface area contributed by atoms with E-state index in [1.807, 2.05) is 6.92 Å². The lowest BCUT2D eigenvalue weighted by Gasteiger charge is -2.20. The van der Waals surface area contributed by atoms with Gasteiger partial charge in [0.2, 0.25) is 5.91 Å². The van der Waals surface area contributed by atoms with Crippen LogP contribution < -0.4 is 0 Å². The molecule has 0 radical (unpaired) electrons. The van der Waals surface area contributed by atoms with Gasteiger partial charge in [0.1, 0.15) is 5.01 Å². The second-order valence-electron chi connectivity index (χ2n) is 4.45. The summed E-state index contributed by atoms with van der Waals surface area (Å²) in [5.74, 6) is 0.136. The number of esters is 1. The molecule has 0 N–H and O–H groups in total. The van der Waals surface area contributed by atoms with Crippen molar-refractivity contribution in [2.24, 2.45) is 0 Å². The van der Waals surface area contributed by atoms with Gasteiger partial charge >= 0.3 is 5.97 Å². The number of ether oxygens (including phenoxy) is 1. The smallest absolute Gasteiger partial charge is 0.357 e. The Morgan fingerprint density at radius 1 is 1.43 bits per heavy atom. The molecule has 0 saturated carbocycles. The predicted octanol–water partition coefficient (Wildman–Crippen LogP) is 3.08. The second kappa shape index (κ2) is 9.73. The van der Waals surface area contributed by atoms with Crippen LogP contribution in [0.2, 0.25) is 0 Å². The number of amides is 1. The molecule has 1 aromatic heterocycles. The van der Waals surface area contributed by atoms with Gasteiger partial charge in [-0.25, -0.2) is 9.78 Å². The molecule has 0 aromatic carbocycles. The summed E-state index contributed by atoms with van der Waals surface area (Å²) in [6, 6.07) is 0. The van der Waals surface area contributed by atoms with Crippen LogP contribution in [0, 0.1) is 0 Å². The average molecular weight is 333 g/mol. The van der Waals surface area contributed by atoms with Crippen molar-refractivity contribution in [3.63, 3.8) is 0 Å². The van der Waals surface area contributed by atoms with E-state index < -0.39 is 5.97 Å². The highest BCUT2D eigenvalue weighted by atomic mass is 35.5. The summed E-state index contributed by atoms with van der Waals surface area (Å²) in [6.45, 7) is 5.20. The first-order valence-corrected chi connectivity index (χ1v) is 8.49. The Morgan fingerprint density at radius 2 is 2.19 bits per heavy atom. The molecule has 118 valence electrons. The quantitative estimate of drug-likeness (QED) is 0.515. The largest absolute Gasteiger partial charge is 0.461 e. The van der Waals surface area contributed by atoms with Gasteiger partial charge in [-0.15, -0.1) is 22.9 Å². The van der Waals surface area contributed by atoms with Crippen molar-refractivity contribution >= 4 is 34.8 Å². The van der Waals surface area contributed by atoms with Crippen LogP contribution in [0.3, 0.4) is 0 Å². The number of halogens is 1. The zero-order chi connectivity index (χ0) is 15.7. The van der Waals surface area contributed by atoms with Gasteiger partial charge in [0, 0.05) is 24.2 Å². The molecule has 5 nitrogen and oxygen atoms in total. The number of nitrogens with zero attached hydrogens (tertiary/aromatic N) is 2. The first kappa shape index (κ1) is 17.9. The summed E-state index contributed by atoms with van der Waals surface area (Å²) in [5.41, 5.74) is 0.307. The SMILES string of the molecule is CCCN(Cc1nc(C(=O)OCC)cs1)C(=O)CCCCl. The van der Waals surface area contributed by atoms with Crippen LogP contribution in [-0.2, 0) is 16.1 Å². The molecule has 21 heavy (non-hydrogen) atoms. The van der Waals surface area contributed by atoms with E-state index in [4.69, 9.17) is 16.3 Å². The van der Waals surface area contributed by atoms with Crippen LogP contribution in [0.4, 0.5) is 0 Å². The van der Waals surface area contributed by atoms with E-state index >= 15 is 0 Å². The Bertz CT molecular complexity index is 465. The zero-order valence-corrected chi connectivity index (χ0v) is 14.0. The lowest BCUT2D eigenvalue weighted by molar-refractivity contribution is -0.131.